The molecule has 2 heterocycles. The Labute approximate surface area is 217 Å². The summed E-state index contributed by atoms with van der Waals surface area (Å²) in [6.45, 7) is 6.55. The number of nitrogens with zero attached hydrogens (tertiary/aromatic N) is 3. The van der Waals surface area contributed by atoms with E-state index in [2.05, 4.69) is 15.5 Å². The molecule has 0 saturated heterocycles. The first-order valence-electron chi connectivity index (χ1n) is 11.5. The van der Waals surface area contributed by atoms with Crippen LogP contribution in [0.4, 0.5) is 5.00 Å². The molecule has 0 fully saturated rings. The number of thioether (sulfide) groups is 1. The van der Waals surface area contributed by atoms with Crippen molar-refractivity contribution in [3.05, 3.63) is 51.1 Å². The van der Waals surface area contributed by atoms with Gasteiger partial charge < -0.3 is 19.4 Å². The average molecular weight is 535 g/mol. The van der Waals surface area contributed by atoms with Crippen molar-refractivity contribution in [2.24, 2.45) is 0 Å². The van der Waals surface area contributed by atoms with E-state index < -0.39 is 0 Å². The zero-order valence-corrected chi connectivity index (χ0v) is 22.2. The molecule has 1 unspecified atom stereocenters. The van der Waals surface area contributed by atoms with Crippen LogP contribution < -0.4 is 10.1 Å². The quantitative estimate of drug-likeness (QED) is 0.269. The molecular formula is C24H27ClN4O4S2. The molecule has 186 valence electrons. The molecule has 8 nitrogen and oxygen atoms in total. The predicted octanol–water partition coefficient (Wildman–Crippen LogP) is 5.55. The number of benzene rings is 1. The fraction of sp³-hybridized carbons (Fsp3) is 0.417. The van der Waals surface area contributed by atoms with Crippen molar-refractivity contribution in [1.29, 1.82) is 0 Å². The monoisotopic (exact) mass is 534 g/mol. The van der Waals surface area contributed by atoms with E-state index in [4.69, 9.17) is 21.1 Å². The summed E-state index contributed by atoms with van der Waals surface area (Å²) < 4.78 is 13.1. The number of halogens is 1. The lowest BCUT2D eigenvalue weighted by Crippen LogP contribution is -2.17. The van der Waals surface area contributed by atoms with Gasteiger partial charge in [-0.05, 0) is 57.7 Å². The molecule has 0 spiro atoms. The molecule has 2 aromatic heterocycles. The van der Waals surface area contributed by atoms with Crippen molar-refractivity contribution in [3.8, 4) is 5.75 Å². The van der Waals surface area contributed by atoms with Crippen molar-refractivity contribution >= 4 is 51.6 Å². The predicted molar refractivity (Wildman–Crippen MR) is 138 cm³/mol. The maximum absolute atomic E-state index is 12.8. The van der Waals surface area contributed by atoms with Gasteiger partial charge in [0.2, 0.25) is 5.91 Å². The Hall–Kier alpha value is -2.56. The minimum absolute atomic E-state index is 0.128. The zero-order valence-electron chi connectivity index (χ0n) is 19.8. The van der Waals surface area contributed by atoms with E-state index in [1.165, 1.54) is 23.1 Å². The van der Waals surface area contributed by atoms with Gasteiger partial charge in [0.05, 0.1) is 22.9 Å². The van der Waals surface area contributed by atoms with Gasteiger partial charge in [0.1, 0.15) is 10.8 Å². The van der Waals surface area contributed by atoms with Gasteiger partial charge in [0.15, 0.2) is 17.1 Å². The molecule has 1 atom stereocenters. The fourth-order valence-corrected chi connectivity index (χ4v) is 6.28. The molecule has 11 heteroatoms. The maximum atomic E-state index is 12.8. The second-order valence-electron chi connectivity index (χ2n) is 7.89. The van der Waals surface area contributed by atoms with E-state index in [-0.39, 0.29) is 23.7 Å². The van der Waals surface area contributed by atoms with Crippen LogP contribution >= 0.6 is 34.7 Å². The highest BCUT2D eigenvalue weighted by Gasteiger charge is 2.28. The molecule has 3 aromatic rings. The van der Waals surface area contributed by atoms with Crippen LogP contribution in [0.1, 0.15) is 59.9 Å². The minimum atomic E-state index is -0.383. The van der Waals surface area contributed by atoms with Crippen molar-refractivity contribution in [2.75, 3.05) is 17.7 Å². The number of hydrogen-bond donors (Lipinski definition) is 1. The lowest BCUT2D eigenvalue weighted by molar-refractivity contribution is -0.113. The number of carbonyl (C=O) groups excluding carboxylic acids is 2. The number of thiophene rings is 1. The Morgan fingerprint density at radius 2 is 2.06 bits per heavy atom. The first-order valence-corrected chi connectivity index (χ1v) is 13.7. The smallest absolute Gasteiger partial charge is 0.341 e. The summed E-state index contributed by atoms with van der Waals surface area (Å²) in [4.78, 5) is 26.5. The number of anilines is 1. The number of aryl methyl sites for hydroxylation is 1. The molecule has 1 amide bonds. The third kappa shape index (κ3) is 5.65. The number of carbonyl (C=O) groups is 2. The lowest BCUT2D eigenvalue weighted by Gasteiger charge is -2.16. The topological polar surface area (TPSA) is 95.3 Å². The second kappa shape index (κ2) is 11.5. The van der Waals surface area contributed by atoms with Crippen LogP contribution in [-0.2, 0) is 28.9 Å². The highest BCUT2D eigenvalue weighted by Crippen LogP contribution is 2.39. The number of para-hydroxylation sites is 1. The standard InChI is InChI=1S/C24H27ClN4O4S2/c1-4-29-21(14(3)33-17-11-7-6-10-16(17)25)27-28-24(29)34-13-19(30)26-22-20(23(31)32-5-2)15-9-8-12-18(15)35-22/h6-7,10-11,14H,4-5,8-9,12-13H2,1-3H3,(H,26,30). The number of rotatable bonds is 10. The van der Waals surface area contributed by atoms with E-state index in [0.717, 1.165) is 29.7 Å². The SMILES string of the molecule is CCOC(=O)c1c(NC(=O)CSc2nnc(C(C)Oc3ccccc3Cl)n2CC)sc2c1CCC2. The van der Waals surface area contributed by atoms with Crippen LogP contribution in [-0.4, -0.2) is 39.0 Å². The van der Waals surface area contributed by atoms with Crippen molar-refractivity contribution in [3.63, 3.8) is 0 Å². The molecule has 35 heavy (non-hydrogen) atoms. The van der Waals surface area contributed by atoms with Gasteiger partial charge in [0, 0.05) is 11.4 Å². The van der Waals surface area contributed by atoms with Gasteiger partial charge in [-0.3, -0.25) is 4.79 Å². The van der Waals surface area contributed by atoms with Crippen LogP contribution in [0, 0.1) is 0 Å². The fourth-order valence-electron chi connectivity index (χ4n) is 3.99. The Balaban J connectivity index is 1.42. The number of aromatic nitrogens is 3. The molecule has 0 radical (unpaired) electrons. The van der Waals surface area contributed by atoms with Crippen molar-refractivity contribution < 1.29 is 19.1 Å². The van der Waals surface area contributed by atoms with Crippen LogP contribution in [0.3, 0.4) is 0 Å². The summed E-state index contributed by atoms with van der Waals surface area (Å²) in [5, 5.41) is 13.2. The Morgan fingerprint density at radius 1 is 1.26 bits per heavy atom. The van der Waals surface area contributed by atoms with Gasteiger partial charge in [-0.2, -0.15) is 0 Å². The van der Waals surface area contributed by atoms with Crippen LogP contribution in [0.2, 0.25) is 5.02 Å². The van der Waals surface area contributed by atoms with Crippen LogP contribution in [0.5, 0.6) is 5.75 Å². The zero-order chi connectivity index (χ0) is 24.9. The van der Waals surface area contributed by atoms with Gasteiger partial charge in [-0.25, -0.2) is 4.79 Å². The lowest BCUT2D eigenvalue weighted by atomic mass is 10.1. The second-order valence-corrected chi connectivity index (χ2v) is 10.3. The van der Waals surface area contributed by atoms with Crippen molar-refractivity contribution in [1.82, 2.24) is 14.8 Å². The first kappa shape index (κ1) is 25.5. The highest BCUT2D eigenvalue weighted by molar-refractivity contribution is 7.99. The van der Waals surface area contributed by atoms with E-state index in [1.54, 1.807) is 19.1 Å². The third-order valence-corrected chi connectivity index (χ3v) is 8.04. The summed E-state index contributed by atoms with van der Waals surface area (Å²) in [6.07, 6.45) is 2.40. The molecule has 0 aliphatic heterocycles. The third-order valence-electron chi connectivity index (χ3n) is 5.55. The van der Waals surface area contributed by atoms with Gasteiger partial charge in [-0.1, -0.05) is 35.5 Å². The highest BCUT2D eigenvalue weighted by atomic mass is 35.5. The number of ether oxygens (including phenoxy) is 2. The van der Waals surface area contributed by atoms with Gasteiger partial charge in [-0.15, -0.1) is 21.5 Å². The average Bonchev–Trinajstić information content (AvgIpc) is 3.53. The molecule has 1 N–H and O–H groups in total. The molecular weight excluding hydrogens is 508 g/mol. The van der Waals surface area contributed by atoms with E-state index in [1.807, 2.05) is 30.5 Å². The molecule has 0 saturated carbocycles. The van der Waals surface area contributed by atoms with Gasteiger partial charge in [0.25, 0.3) is 0 Å². The molecule has 1 aliphatic rings. The maximum Gasteiger partial charge on any atom is 0.341 e. The number of nitrogens with one attached hydrogen (secondary N) is 1. The van der Waals surface area contributed by atoms with Crippen molar-refractivity contribution in [2.45, 2.75) is 57.8 Å². The number of amides is 1. The van der Waals surface area contributed by atoms with E-state index in [9.17, 15) is 9.59 Å². The molecule has 1 aliphatic carbocycles. The van der Waals surface area contributed by atoms with Gasteiger partial charge >= 0.3 is 5.97 Å². The van der Waals surface area contributed by atoms with E-state index in [0.29, 0.717) is 45.5 Å². The first-order chi connectivity index (χ1) is 16.9. The summed E-state index contributed by atoms with van der Waals surface area (Å²) in [6, 6.07) is 7.27. The summed E-state index contributed by atoms with van der Waals surface area (Å²) >= 11 is 8.97. The van der Waals surface area contributed by atoms with Crippen LogP contribution in [0.15, 0.2) is 29.4 Å². The van der Waals surface area contributed by atoms with E-state index >= 15 is 0 Å². The number of hydrogen-bond acceptors (Lipinski definition) is 8. The molecule has 0 bridgehead atoms. The number of esters is 1. The Kier molecular flexibility index (Phi) is 8.35. The minimum Gasteiger partial charge on any atom is -0.481 e. The van der Waals surface area contributed by atoms with Crippen LogP contribution in [0.25, 0.3) is 0 Å². The number of fused-ring (bicyclic) bond motifs is 1. The Bertz CT molecular complexity index is 1230. The molecule has 1 aromatic carbocycles. The molecule has 4 rings (SSSR count). The summed E-state index contributed by atoms with van der Waals surface area (Å²) in [5.74, 6) is 0.754. The largest absolute Gasteiger partial charge is 0.481 e. The summed E-state index contributed by atoms with van der Waals surface area (Å²) in [7, 11) is 0. The summed E-state index contributed by atoms with van der Waals surface area (Å²) in [5.41, 5.74) is 1.52. The Morgan fingerprint density at radius 3 is 2.80 bits per heavy atom. The normalized spacial score (nSPS) is 13.4.